The van der Waals surface area contributed by atoms with E-state index in [2.05, 4.69) is 5.32 Å². The van der Waals surface area contributed by atoms with E-state index < -0.39 is 0 Å². The van der Waals surface area contributed by atoms with E-state index in [-0.39, 0.29) is 25.0 Å². The molecule has 70 valence electrons. The monoisotopic (exact) mass is 175 g/mol. The number of aliphatic hydroxyl groups excluding tert-OH is 2. The van der Waals surface area contributed by atoms with E-state index in [4.69, 9.17) is 10.2 Å². The Hall–Kier alpha value is -0.940. The Morgan fingerprint density at radius 2 is 1.50 bits per heavy atom. The molecule has 0 bridgehead atoms. The van der Waals surface area contributed by atoms with Crippen LogP contribution in [0.4, 0.5) is 0 Å². The van der Waals surface area contributed by atoms with Gasteiger partial charge >= 0.3 is 0 Å². The maximum atomic E-state index is 10.3. The van der Waals surface area contributed by atoms with Gasteiger partial charge in [0.1, 0.15) is 0 Å². The minimum absolute atomic E-state index is 0.125. The molecule has 0 aromatic heterocycles. The standard InChI is InChI=1S/C5H7NO2.C2H6O2/c7-4-2-1-3-5(8)6-4;3-1-2-4/h1-3H2,(H,6,7,8);3-4H,1-2H2. The normalized spacial score (nSPS) is 16.2. The molecule has 3 N–H and O–H groups in total. The summed E-state index contributed by atoms with van der Waals surface area (Å²) in [6.45, 7) is -0.250. The Labute approximate surface area is 70.4 Å². The molecule has 1 aliphatic rings. The molecule has 0 aromatic carbocycles. The fraction of sp³-hybridized carbons (Fsp3) is 0.714. The topological polar surface area (TPSA) is 86.6 Å². The van der Waals surface area contributed by atoms with E-state index in [1.807, 2.05) is 0 Å². The van der Waals surface area contributed by atoms with Crippen molar-refractivity contribution in [3.8, 4) is 0 Å². The summed E-state index contributed by atoms with van der Waals surface area (Å²) in [7, 11) is 0. The SMILES string of the molecule is O=C1CCCC(=O)N1.OCCO. The van der Waals surface area contributed by atoms with Crippen LogP contribution in [-0.2, 0) is 9.59 Å². The largest absolute Gasteiger partial charge is 0.394 e. The summed E-state index contributed by atoms with van der Waals surface area (Å²) < 4.78 is 0. The summed E-state index contributed by atoms with van der Waals surface area (Å²) in [4.78, 5) is 20.7. The van der Waals surface area contributed by atoms with Crippen LogP contribution in [0.2, 0.25) is 0 Å². The smallest absolute Gasteiger partial charge is 0.226 e. The maximum Gasteiger partial charge on any atom is 0.226 e. The fourth-order valence-electron chi connectivity index (χ4n) is 0.690. The van der Waals surface area contributed by atoms with Crippen LogP contribution >= 0.6 is 0 Å². The van der Waals surface area contributed by atoms with Gasteiger partial charge in [-0.05, 0) is 6.42 Å². The molecule has 1 rings (SSSR count). The molecule has 5 nitrogen and oxygen atoms in total. The Morgan fingerprint density at radius 1 is 1.08 bits per heavy atom. The molecule has 0 saturated carbocycles. The number of aliphatic hydroxyl groups is 2. The van der Waals surface area contributed by atoms with Gasteiger partial charge in [0.2, 0.25) is 11.8 Å². The molecule has 2 amide bonds. The number of imide groups is 1. The Morgan fingerprint density at radius 3 is 1.67 bits per heavy atom. The molecule has 1 saturated heterocycles. The molecular formula is C7H13NO4. The molecular weight excluding hydrogens is 162 g/mol. The Balaban J connectivity index is 0.000000261. The quantitative estimate of drug-likeness (QED) is 0.436. The molecule has 0 aromatic rings. The number of carbonyl (C=O) groups is 2. The summed E-state index contributed by atoms with van der Waals surface area (Å²) in [6, 6.07) is 0. The van der Waals surface area contributed by atoms with Crippen LogP contribution in [-0.4, -0.2) is 35.2 Å². The minimum Gasteiger partial charge on any atom is -0.394 e. The van der Waals surface area contributed by atoms with Crippen LogP contribution in [0, 0.1) is 0 Å². The lowest BCUT2D eigenvalue weighted by Gasteiger charge is -2.07. The zero-order valence-corrected chi connectivity index (χ0v) is 6.75. The summed E-state index contributed by atoms with van der Waals surface area (Å²) in [5.74, 6) is -0.275. The highest BCUT2D eigenvalue weighted by molar-refractivity contribution is 5.97. The van der Waals surface area contributed by atoms with E-state index in [0.717, 1.165) is 0 Å². The van der Waals surface area contributed by atoms with Gasteiger partial charge in [-0.15, -0.1) is 0 Å². The fourth-order valence-corrected chi connectivity index (χ4v) is 0.690. The number of amides is 2. The molecule has 0 spiro atoms. The van der Waals surface area contributed by atoms with Crippen LogP contribution in [0.15, 0.2) is 0 Å². The van der Waals surface area contributed by atoms with E-state index >= 15 is 0 Å². The van der Waals surface area contributed by atoms with E-state index in [9.17, 15) is 9.59 Å². The molecule has 1 heterocycles. The Kier molecular flexibility index (Phi) is 6.22. The maximum absolute atomic E-state index is 10.3. The summed E-state index contributed by atoms with van der Waals surface area (Å²) in [5.41, 5.74) is 0. The second kappa shape index (κ2) is 6.75. The first-order valence-corrected chi connectivity index (χ1v) is 3.75. The number of rotatable bonds is 1. The summed E-state index contributed by atoms with van der Waals surface area (Å²) >= 11 is 0. The van der Waals surface area contributed by atoms with Gasteiger partial charge in [-0.2, -0.15) is 0 Å². The van der Waals surface area contributed by atoms with E-state index in [1.165, 1.54) is 0 Å². The molecule has 1 aliphatic heterocycles. The molecule has 0 aliphatic carbocycles. The molecule has 5 heteroatoms. The third-order valence-corrected chi connectivity index (χ3v) is 1.19. The van der Waals surface area contributed by atoms with Crippen molar-refractivity contribution in [1.29, 1.82) is 0 Å². The van der Waals surface area contributed by atoms with Crippen molar-refractivity contribution in [3.63, 3.8) is 0 Å². The first-order valence-electron chi connectivity index (χ1n) is 3.75. The predicted octanol–water partition coefficient (Wildman–Crippen LogP) is -1.22. The van der Waals surface area contributed by atoms with Crippen LogP contribution in [0.1, 0.15) is 19.3 Å². The van der Waals surface area contributed by atoms with Crippen molar-refractivity contribution in [2.45, 2.75) is 19.3 Å². The van der Waals surface area contributed by atoms with Crippen molar-refractivity contribution >= 4 is 11.8 Å². The van der Waals surface area contributed by atoms with Gasteiger partial charge in [0.15, 0.2) is 0 Å². The zero-order valence-electron chi connectivity index (χ0n) is 6.75. The van der Waals surface area contributed by atoms with Crippen molar-refractivity contribution in [2.75, 3.05) is 13.2 Å². The third kappa shape index (κ3) is 5.82. The highest BCUT2D eigenvalue weighted by atomic mass is 16.3. The number of piperidine rings is 1. The lowest BCUT2D eigenvalue weighted by atomic mass is 10.1. The van der Waals surface area contributed by atoms with E-state index in [0.29, 0.717) is 19.3 Å². The lowest BCUT2D eigenvalue weighted by Crippen LogP contribution is -2.33. The van der Waals surface area contributed by atoms with Crippen molar-refractivity contribution in [3.05, 3.63) is 0 Å². The first-order chi connectivity index (χ1) is 5.70. The number of hydrogen-bond acceptors (Lipinski definition) is 4. The lowest BCUT2D eigenvalue weighted by molar-refractivity contribution is -0.132. The number of carbonyl (C=O) groups excluding carboxylic acids is 2. The average molecular weight is 175 g/mol. The molecule has 0 unspecified atom stereocenters. The van der Waals surface area contributed by atoms with Crippen molar-refractivity contribution < 1.29 is 19.8 Å². The van der Waals surface area contributed by atoms with Gasteiger partial charge in [-0.1, -0.05) is 0 Å². The number of hydrogen-bond donors (Lipinski definition) is 3. The Bertz CT molecular complexity index is 141. The van der Waals surface area contributed by atoms with E-state index in [1.54, 1.807) is 0 Å². The summed E-state index contributed by atoms with van der Waals surface area (Å²) in [6.07, 6.45) is 1.72. The van der Waals surface area contributed by atoms with Gasteiger partial charge in [0.05, 0.1) is 13.2 Å². The van der Waals surface area contributed by atoms with Crippen molar-refractivity contribution in [1.82, 2.24) is 5.32 Å². The highest BCUT2D eigenvalue weighted by Gasteiger charge is 2.12. The van der Waals surface area contributed by atoms with Gasteiger partial charge in [-0.3, -0.25) is 14.9 Å². The van der Waals surface area contributed by atoms with Gasteiger partial charge in [0, 0.05) is 12.8 Å². The third-order valence-electron chi connectivity index (χ3n) is 1.19. The average Bonchev–Trinajstić information content (AvgIpc) is 2.04. The molecule has 1 fully saturated rings. The molecule has 0 atom stereocenters. The van der Waals surface area contributed by atoms with Crippen LogP contribution in [0.5, 0.6) is 0 Å². The zero-order chi connectivity index (χ0) is 9.40. The number of nitrogens with one attached hydrogen (secondary N) is 1. The second-order valence-corrected chi connectivity index (χ2v) is 2.27. The van der Waals surface area contributed by atoms with Crippen molar-refractivity contribution in [2.24, 2.45) is 0 Å². The second-order valence-electron chi connectivity index (χ2n) is 2.27. The minimum atomic E-state index is -0.138. The van der Waals surface area contributed by atoms with Crippen LogP contribution < -0.4 is 5.32 Å². The molecule has 0 radical (unpaired) electrons. The first kappa shape index (κ1) is 11.1. The van der Waals surface area contributed by atoms with Gasteiger partial charge < -0.3 is 10.2 Å². The summed E-state index contributed by atoms with van der Waals surface area (Å²) in [5, 5.41) is 17.5. The van der Waals surface area contributed by atoms with Crippen LogP contribution in [0.25, 0.3) is 0 Å². The van der Waals surface area contributed by atoms with Crippen LogP contribution in [0.3, 0.4) is 0 Å². The highest BCUT2D eigenvalue weighted by Crippen LogP contribution is 2.00. The van der Waals surface area contributed by atoms with Gasteiger partial charge in [-0.25, -0.2) is 0 Å². The van der Waals surface area contributed by atoms with Gasteiger partial charge in [0.25, 0.3) is 0 Å². The predicted molar refractivity (Wildman–Crippen MR) is 41.2 cm³/mol. The molecule has 12 heavy (non-hydrogen) atoms.